The number of aliphatic imine (C=N–C) groups is 1. The maximum atomic E-state index is 10.8. The van der Waals surface area contributed by atoms with Gasteiger partial charge in [-0.15, -0.1) is 24.0 Å². The summed E-state index contributed by atoms with van der Waals surface area (Å²) in [4.78, 5) is 15.0. The Morgan fingerprint density at radius 3 is 2.17 bits per heavy atom. The molecule has 0 aliphatic rings. The minimum atomic E-state index is -0.402. The lowest BCUT2D eigenvalue weighted by Crippen LogP contribution is -2.48. The van der Waals surface area contributed by atoms with E-state index in [9.17, 15) is 10.1 Å². The van der Waals surface area contributed by atoms with Gasteiger partial charge in [0.15, 0.2) is 5.96 Å². The molecule has 7 nitrogen and oxygen atoms in total. The minimum Gasteiger partial charge on any atom is -0.497 e. The van der Waals surface area contributed by atoms with Gasteiger partial charge in [0, 0.05) is 24.2 Å². The number of guanidine groups is 1. The molecule has 29 heavy (non-hydrogen) atoms. The Bertz CT molecular complexity index is 800. The molecule has 0 aromatic heterocycles. The Kier molecular flexibility index (Phi) is 9.87. The molecule has 2 aromatic rings. The van der Waals surface area contributed by atoms with E-state index in [-0.39, 0.29) is 35.2 Å². The Labute approximate surface area is 189 Å². The van der Waals surface area contributed by atoms with Gasteiger partial charge < -0.3 is 15.4 Å². The van der Waals surface area contributed by atoms with E-state index in [1.165, 1.54) is 17.7 Å². The fourth-order valence-corrected chi connectivity index (χ4v) is 2.51. The highest BCUT2D eigenvalue weighted by atomic mass is 127. The number of non-ortho nitro benzene ring substituents is 1. The van der Waals surface area contributed by atoms with Crippen molar-refractivity contribution in [3.8, 4) is 5.75 Å². The number of halogens is 1. The summed E-state index contributed by atoms with van der Waals surface area (Å²) in [5, 5.41) is 17.5. The van der Waals surface area contributed by atoms with Crippen molar-refractivity contribution in [3.63, 3.8) is 0 Å². The second-order valence-electron chi connectivity index (χ2n) is 7.49. The van der Waals surface area contributed by atoms with Crippen LogP contribution in [0.15, 0.2) is 53.5 Å². The molecule has 2 aromatic carbocycles. The number of ether oxygens (including phenoxy) is 1. The standard InChI is InChI=1S/C21H28N4O3.HI/c1-21(2,3)24-20(22-14-13-16-7-11-19(28-4)12-8-16)23-15-17-5-9-18(10-6-17)25(26)27;/h5-12H,13-15H2,1-4H3,(H2,22,23,24);1H. The van der Waals surface area contributed by atoms with Crippen LogP contribution in [0.25, 0.3) is 0 Å². The predicted octanol–water partition coefficient (Wildman–Crippen LogP) is 4.30. The smallest absolute Gasteiger partial charge is 0.269 e. The zero-order valence-electron chi connectivity index (χ0n) is 17.3. The average molecular weight is 512 g/mol. The summed E-state index contributed by atoms with van der Waals surface area (Å²) >= 11 is 0. The van der Waals surface area contributed by atoms with Gasteiger partial charge in [-0.25, -0.2) is 4.99 Å². The first kappa shape index (κ1) is 24.7. The summed E-state index contributed by atoms with van der Waals surface area (Å²) in [5.41, 5.74) is 2.06. The number of hydrogen-bond donors (Lipinski definition) is 2. The number of nitrogens with one attached hydrogen (secondary N) is 2. The molecular weight excluding hydrogens is 483 g/mol. The molecule has 0 radical (unpaired) electrons. The third-order valence-corrected chi connectivity index (χ3v) is 3.93. The van der Waals surface area contributed by atoms with Crippen molar-refractivity contribution in [2.24, 2.45) is 4.99 Å². The van der Waals surface area contributed by atoms with Gasteiger partial charge in [0.05, 0.1) is 18.6 Å². The highest BCUT2D eigenvalue weighted by molar-refractivity contribution is 14.0. The molecule has 0 bridgehead atoms. The van der Waals surface area contributed by atoms with E-state index in [1.807, 2.05) is 24.3 Å². The predicted molar refractivity (Wildman–Crippen MR) is 127 cm³/mol. The molecule has 158 valence electrons. The summed E-state index contributed by atoms with van der Waals surface area (Å²) < 4.78 is 5.18. The van der Waals surface area contributed by atoms with Gasteiger partial charge >= 0.3 is 0 Å². The van der Waals surface area contributed by atoms with Crippen LogP contribution in [-0.4, -0.2) is 30.1 Å². The van der Waals surface area contributed by atoms with Crippen molar-refractivity contribution in [3.05, 3.63) is 69.8 Å². The molecule has 0 amide bonds. The summed E-state index contributed by atoms with van der Waals surface area (Å²) in [6.45, 7) is 7.37. The number of hydrogen-bond acceptors (Lipinski definition) is 4. The van der Waals surface area contributed by atoms with E-state index in [1.54, 1.807) is 19.2 Å². The number of nitrogens with zero attached hydrogens (tertiary/aromatic N) is 2. The number of nitro benzene ring substituents is 1. The molecule has 0 saturated carbocycles. The quantitative estimate of drug-likeness (QED) is 0.190. The molecule has 0 unspecified atom stereocenters. The molecule has 0 atom stereocenters. The van der Waals surface area contributed by atoms with Crippen molar-refractivity contribution < 1.29 is 9.66 Å². The van der Waals surface area contributed by atoms with Gasteiger partial charge in [-0.3, -0.25) is 10.1 Å². The van der Waals surface area contributed by atoms with Gasteiger partial charge in [0.1, 0.15) is 5.75 Å². The lowest BCUT2D eigenvalue weighted by atomic mass is 10.1. The number of benzene rings is 2. The number of methoxy groups -OCH3 is 1. The Morgan fingerprint density at radius 2 is 1.66 bits per heavy atom. The van der Waals surface area contributed by atoms with E-state index in [4.69, 9.17) is 4.74 Å². The molecule has 0 saturated heterocycles. The highest BCUT2D eigenvalue weighted by Gasteiger charge is 2.12. The van der Waals surface area contributed by atoms with Gasteiger partial charge in [-0.1, -0.05) is 24.3 Å². The molecule has 0 spiro atoms. The first-order valence-electron chi connectivity index (χ1n) is 9.19. The first-order valence-corrected chi connectivity index (χ1v) is 9.19. The maximum absolute atomic E-state index is 10.8. The van der Waals surface area contributed by atoms with Crippen LogP contribution < -0.4 is 15.4 Å². The van der Waals surface area contributed by atoms with Crippen molar-refractivity contribution in [1.29, 1.82) is 0 Å². The summed E-state index contributed by atoms with van der Waals surface area (Å²) in [6, 6.07) is 14.5. The van der Waals surface area contributed by atoms with Crippen molar-refractivity contribution in [1.82, 2.24) is 10.6 Å². The van der Waals surface area contributed by atoms with E-state index >= 15 is 0 Å². The van der Waals surface area contributed by atoms with Crippen molar-refractivity contribution in [2.45, 2.75) is 39.3 Å². The first-order chi connectivity index (χ1) is 13.3. The number of rotatable bonds is 7. The molecular formula is C21H29IN4O3. The molecule has 0 aliphatic carbocycles. The molecule has 2 rings (SSSR count). The van der Waals surface area contributed by atoms with Crippen molar-refractivity contribution >= 4 is 35.6 Å². The van der Waals surface area contributed by atoms with Gasteiger partial charge in [0.2, 0.25) is 0 Å². The third-order valence-electron chi connectivity index (χ3n) is 3.93. The van der Waals surface area contributed by atoms with Crippen LogP contribution in [0, 0.1) is 10.1 Å². The van der Waals surface area contributed by atoms with Crippen LogP contribution >= 0.6 is 24.0 Å². The van der Waals surface area contributed by atoms with Crippen LogP contribution in [0.3, 0.4) is 0 Å². The Morgan fingerprint density at radius 1 is 1.07 bits per heavy atom. The molecule has 0 fully saturated rings. The van der Waals surface area contributed by atoms with E-state index in [2.05, 4.69) is 36.4 Å². The summed E-state index contributed by atoms with van der Waals surface area (Å²) in [7, 11) is 1.66. The largest absolute Gasteiger partial charge is 0.497 e. The van der Waals surface area contributed by atoms with Crippen LogP contribution in [-0.2, 0) is 13.0 Å². The van der Waals surface area contributed by atoms with Gasteiger partial charge in [-0.2, -0.15) is 0 Å². The zero-order chi connectivity index (χ0) is 20.6. The van der Waals surface area contributed by atoms with Crippen LogP contribution in [0.5, 0.6) is 5.75 Å². The SMILES string of the molecule is COc1ccc(CCNC(=NCc2ccc([N+](=O)[O-])cc2)NC(C)(C)C)cc1.I. The topological polar surface area (TPSA) is 88.8 Å². The lowest BCUT2D eigenvalue weighted by Gasteiger charge is -2.24. The lowest BCUT2D eigenvalue weighted by molar-refractivity contribution is -0.384. The Balaban J connectivity index is 0.00000420. The summed E-state index contributed by atoms with van der Waals surface area (Å²) in [6.07, 6.45) is 0.854. The highest BCUT2D eigenvalue weighted by Crippen LogP contribution is 2.13. The minimum absolute atomic E-state index is 0. The maximum Gasteiger partial charge on any atom is 0.269 e. The Hall–Kier alpha value is -2.36. The van der Waals surface area contributed by atoms with Gasteiger partial charge in [0.25, 0.3) is 5.69 Å². The summed E-state index contributed by atoms with van der Waals surface area (Å²) in [5.74, 6) is 1.55. The van der Waals surface area contributed by atoms with Crippen molar-refractivity contribution in [2.75, 3.05) is 13.7 Å². The fourth-order valence-electron chi connectivity index (χ4n) is 2.51. The van der Waals surface area contributed by atoms with Gasteiger partial charge in [-0.05, 0) is 50.5 Å². The van der Waals surface area contributed by atoms with Crippen LogP contribution in [0.1, 0.15) is 31.9 Å². The molecule has 2 N–H and O–H groups in total. The van der Waals surface area contributed by atoms with E-state index < -0.39 is 4.92 Å². The van der Waals surface area contributed by atoms with Crippen LogP contribution in [0.2, 0.25) is 0 Å². The normalized spacial score (nSPS) is 11.4. The van der Waals surface area contributed by atoms with Crippen LogP contribution in [0.4, 0.5) is 5.69 Å². The molecule has 0 aliphatic heterocycles. The molecule has 0 heterocycles. The zero-order valence-corrected chi connectivity index (χ0v) is 19.6. The second kappa shape index (κ2) is 11.6. The number of nitro groups is 1. The average Bonchev–Trinajstić information content (AvgIpc) is 2.65. The third kappa shape index (κ3) is 9.12. The van der Waals surface area contributed by atoms with E-state index in [0.717, 1.165) is 24.3 Å². The molecule has 8 heteroatoms. The fraction of sp³-hybridized carbons (Fsp3) is 0.381. The van der Waals surface area contributed by atoms with E-state index in [0.29, 0.717) is 12.5 Å². The monoisotopic (exact) mass is 512 g/mol. The second-order valence-corrected chi connectivity index (χ2v) is 7.49.